The molecule has 0 radical (unpaired) electrons. The zero-order chi connectivity index (χ0) is 35.6. The number of alkyl halides is 3. The van der Waals surface area contributed by atoms with Gasteiger partial charge in [-0.15, -0.1) is 0 Å². The number of hydrogen-bond donors (Lipinski definition) is 5. The van der Waals surface area contributed by atoms with Crippen LogP contribution in [0.15, 0.2) is 48.9 Å². The summed E-state index contributed by atoms with van der Waals surface area (Å²) in [6, 6.07) is 8.02. The van der Waals surface area contributed by atoms with Gasteiger partial charge in [-0.3, -0.25) is 19.7 Å². The molecule has 5 N–H and O–H groups in total. The van der Waals surface area contributed by atoms with Crippen LogP contribution in [0.5, 0.6) is 0 Å². The number of carbonyl (C=O) groups is 3. The van der Waals surface area contributed by atoms with Crippen molar-refractivity contribution >= 4 is 23.5 Å². The SMILES string of the molecule is CCc1cc(NC(=O)c2ncc(-c3c(C(F)(F)F)n[nH]c3Cc3cccnc3)n2C)ccc1C(=O)N1CCN(C(=O)NCC2(O)CNC2)CC1. The zero-order valence-corrected chi connectivity index (χ0v) is 27.5. The van der Waals surface area contributed by atoms with Crippen LogP contribution in [0.2, 0.25) is 0 Å². The van der Waals surface area contributed by atoms with Gasteiger partial charge in [-0.05, 0) is 41.8 Å². The molecule has 6 rings (SSSR count). The molecule has 0 bridgehead atoms. The van der Waals surface area contributed by atoms with Crippen molar-refractivity contribution in [3.8, 4) is 11.3 Å². The van der Waals surface area contributed by atoms with E-state index in [1.165, 1.54) is 17.8 Å². The molecule has 2 saturated heterocycles. The highest BCUT2D eigenvalue weighted by Crippen LogP contribution is 2.38. The molecule has 4 amide bonds. The molecule has 17 heteroatoms. The Morgan fingerprint density at radius 3 is 2.44 bits per heavy atom. The van der Waals surface area contributed by atoms with E-state index >= 15 is 0 Å². The second-order valence-corrected chi connectivity index (χ2v) is 12.4. The first kappa shape index (κ1) is 34.6. The number of piperazine rings is 1. The molecular formula is C33H37F3N10O4. The monoisotopic (exact) mass is 694 g/mol. The van der Waals surface area contributed by atoms with Gasteiger partial charge in [-0.25, -0.2) is 9.78 Å². The molecule has 0 atom stereocenters. The highest BCUT2D eigenvalue weighted by molar-refractivity contribution is 6.03. The number of pyridine rings is 1. The number of hydrogen-bond acceptors (Lipinski definition) is 8. The number of imidazole rings is 1. The molecule has 2 aliphatic rings. The van der Waals surface area contributed by atoms with Crippen molar-refractivity contribution in [1.82, 2.24) is 45.2 Å². The Morgan fingerprint density at radius 1 is 1.06 bits per heavy atom. The number of H-pyrrole nitrogens is 1. The number of aryl methyl sites for hydroxylation is 1. The smallest absolute Gasteiger partial charge is 0.385 e. The third-order valence-electron chi connectivity index (χ3n) is 8.97. The zero-order valence-electron chi connectivity index (χ0n) is 27.5. The minimum Gasteiger partial charge on any atom is -0.385 e. The normalized spacial score (nSPS) is 15.8. The molecule has 1 aromatic carbocycles. The maximum Gasteiger partial charge on any atom is 0.435 e. The van der Waals surface area contributed by atoms with Gasteiger partial charge in [-0.2, -0.15) is 18.3 Å². The van der Waals surface area contributed by atoms with Crippen LogP contribution in [-0.4, -0.2) is 109 Å². The third kappa shape index (κ3) is 7.18. The molecule has 3 aromatic heterocycles. The number of benzene rings is 1. The Morgan fingerprint density at radius 2 is 1.80 bits per heavy atom. The number of aromatic nitrogens is 5. The molecule has 4 aromatic rings. The van der Waals surface area contributed by atoms with Gasteiger partial charge < -0.3 is 35.4 Å². The first-order valence-corrected chi connectivity index (χ1v) is 16.1. The molecule has 14 nitrogen and oxygen atoms in total. The van der Waals surface area contributed by atoms with E-state index in [2.05, 4.69) is 36.1 Å². The van der Waals surface area contributed by atoms with Crippen molar-refractivity contribution < 1.29 is 32.7 Å². The summed E-state index contributed by atoms with van der Waals surface area (Å²) in [5.74, 6) is -0.979. The van der Waals surface area contributed by atoms with E-state index in [1.807, 2.05) is 6.92 Å². The highest BCUT2D eigenvalue weighted by Gasteiger charge is 2.40. The predicted molar refractivity (Wildman–Crippen MR) is 175 cm³/mol. The second kappa shape index (κ2) is 13.9. The number of nitrogens with zero attached hydrogens (tertiary/aromatic N) is 6. The summed E-state index contributed by atoms with van der Waals surface area (Å²) in [5.41, 5.74) is 0.185. The lowest BCUT2D eigenvalue weighted by Crippen LogP contribution is -2.65. The number of urea groups is 1. The average molecular weight is 695 g/mol. The first-order chi connectivity index (χ1) is 23.9. The minimum absolute atomic E-state index is 0.0517. The fourth-order valence-corrected chi connectivity index (χ4v) is 6.08. The Balaban J connectivity index is 1.13. The van der Waals surface area contributed by atoms with Gasteiger partial charge in [0.1, 0.15) is 5.60 Å². The Hall–Kier alpha value is -5.29. The van der Waals surface area contributed by atoms with Crippen molar-refractivity contribution in [2.45, 2.75) is 31.5 Å². The number of anilines is 1. The molecule has 0 aliphatic carbocycles. The van der Waals surface area contributed by atoms with Crippen LogP contribution in [0.25, 0.3) is 11.3 Å². The molecule has 264 valence electrons. The standard InChI is InChI=1S/C33H37F3N10O4/c1-3-21-14-22(6-7-23(21)30(48)45-9-11-46(12-10-45)31(49)40-19-32(50)17-38-18-32)41-29(47)28-39-16-25(44(28)2)26-24(13-20-5-4-8-37-15-20)42-43-27(26)33(34,35)36/h4-8,14-16,38,50H,3,9-13,17-19H2,1-2H3,(H,40,49)(H,41,47)(H,42,43). The third-order valence-corrected chi connectivity index (χ3v) is 8.97. The van der Waals surface area contributed by atoms with Gasteiger partial charge >= 0.3 is 12.2 Å². The molecule has 2 aliphatic heterocycles. The van der Waals surface area contributed by atoms with E-state index in [9.17, 15) is 32.7 Å². The van der Waals surface area contributed by atoms with Gasteiger partial charge in [0, 0.05) is 82.1 Å². The highest BCUT2D eigenvalue weighted by atomic mass is 19.4. The Kier molecular flexibility index (Phi) is 9.62. The summed E-state index contributed by atoms with van der Waals surface area (Å²) in [6.45, 7) is 4.22. The summed E-state index contributed by atoms with van der Waals surface area (Å²) in [6.07, 6.45) is 0.137. The van der Waals surface area contributed by atoms with E-state index in [4.69, 9.17) is 0 Å². The van der Waals surface area contributed by atoms with Crippen LogP contribution in [0.3, 0.4) is 0 Å². The van der Waals surface area contributed by atoms with E-state index in [1.54, 1.807) is 52.5 Å². The van der Waals surface area contributed by atoms with Gasteiger partial charge in [0.05, 0.1) is 24.0 Å². The Labute approximate surface area is 285 Å². The largest absolute Gasteiger partial charge is 0.435 e. The van der Waals surface area contributed by atoms with Crippen molar-refractivity contribution in [3.63, 3.8) is 0 Å². The lowest BCUT2D eigenvalue weighted by atomic mass is 9.97. The number of aliphatic hydroxyl groups is 1. The van der Waals surface area contributed by atoms with E-state index in [0.717, 1.165) is 0 Å². The molecule has 50 heavy (non-hydrogen) atoms. The first-order valence-electron chi connectivity index (χ1n) is 16.1. The van der Waals surface area contributed by atoms with Gasteiger partial charge in [0.15, 0.2) is 11.5 Å². The summed E-state index contributed by atoms with van der Waals surface area (Å²) in [4.78, 5) is 50.9. The summed E-state index contributed by atoms with van der Waals surface area (Å²) in [7, 11) is 1.45. The maximum absolute atomic E-state index is 14.0. The average Bonchev–Trinajstić information content (AvgIpc) is 3.69. The number of β-amino-alcohol motifs (C(OH)–C–C–N with tert-alkyl or cyclic N) is 1. The van der Waals surface area contributed by atoms with Crippen LogP contribution >= 0.6 is 0 Å². The van der Waals surface area contributed by atoms with Gasteiger partial charge in [0.2, 0.25) is 0 Å². The second-order valence-electron chi connectivity index (χ2n) is 12.4. The molecule has 0 saturated carbocycles. The maximum atomic E-state index is 14.0. The number of halogens is 3. The van der Waals surface area contributed by atoms with E-state index < -0.39 is 23.4 Å². The molecular weight excluding hydrogens is 657 g/mol. The lowest BCUT2D eigenvalue weighted by molar-refractivity contribution is -0.140. The molecule has 0 unspecified atom stereocenters. The number of rotatable bonds is 9. The molecule has 5 heterocycles. The van der Waals surface area contributed by atoms with E-state index in [0.29, 0.717) is 68.1 Å². The van der Waals surface area contributed by atoms with Crippen molar-refractivity contribution in [2.24, 2.45) is 7.05 Å². The fraction of sp³-hybridized carbons (Fsp3) is 0.394. The topological polar surface area (TPSA) is 173 Å². The minimum atomic E-state index is -4.76. The number of carbonyl (C=O) groups excluding carboxylic acids is 3. The van der Waals surface area contributed by atoms with Gasteiger partial charge in [0.25, 0.3) is 11.8 Å². The van der Waals surface area contributed by atoms with Crippen LogP contribution < -0.4 is 16.0 Å². The fourth-order valence-electron chi connectivity index (χ4n) is 6.08. The van der Waals surface area contributed by atoms with Gasteiger partial charge in [-0.1, -0.05) is 13.0 Å². The van der Waals surface area contributed by atoms with Crippen molar-refractivity contribution in [2.75, 3.05) is 51.1 Å². The summed E-state index contributed by atoms with van der Waals surface area (Å²) >= 11 is 0. The number of aromatic amines is 1. The van der Waals surface area contributed by atoms with Crippen molar-refractivity contribution in [3.05, 3.63) is 82.8 Å². The number of nitrogens with one attached hydrogen (secondary N) is 4. The molecule has 0 spiro atoms. The quantitative estimate of drug-likeness (QED) is 0.178. The van der Waals surface area contributed by atoms with Crippen molar-refractivity contribution in [1.29, 1.82) is 0 Å². The predicted octanol–water partition coefficient (Wildman–Crippen LogP) is 2.43. The van der Waals surface area contributed by atoms with Crippen LogP contribution in [0.4, 0.5) is 23.7 Å². The van der Waals surface area contributed by atoms with E-state index in [-0.39, 0.29) is 47.7 Å². The number of amides is 4. The lowest BCUT2D eigenvalue weighted by Gasteiger charge is -2.39. The van der Waals surface area contributed by atoms with Crippen LogP contribution in [0, 0.1) is 0 Å². The molecule has 2 fully saturated rings. The Bertz CT molecular complexity index is 1880. The summed E-state index contributed by atoms with van der Waals surface area (Å²) < 4.78 is 43.3. The van der Waals surface area contributed by atoms with Crippen LogP contribution in [-0.2, 0) is 26.1 Å². The van der Waals surface area contributed by atoms with Crippen LogP contribution in [0.1, 0.15) is 50.4 Å². The summed E-state index contributed by atoms with van der Waals surface area (Å²) in [5, 5.41) is 24.7.